The van der Waals surface area contributed by atoms with Gasteiger partial charge >= 0.3 is 0 Å². The van der Waals surface area contributed by atoms with Crippen molar-refractivity contribution in [2.75, 3.05) is 35.0 Å². The monoisotopic (exact) mass is 534 g/mol. The molecule has 0 spiro atoms. The molecule has 0 bridgehead atoms. The lowest BCUT2D eigenvalue weighted by Gasteiger charge is -2.41. The molecule has 1 saturated heterocycles. The third-order valence-electron chi connectivity index (χ3n) is 6.18. The van der Waals surface area contributed by atoms with E-state index in [1.165, 1.54) is 28.4 Å². The largest absolute Gasteiger partial charge is 0.493 e. The summed E-state index contributed by atoms with van der Waals surface area (Å²) in [5.74, 6) is 7.82. The highest BCUT2D eigenvalue weighted by Crippen LogP contribution is 2.34. The zero-order valence-electron chi connectivity index (χ0n) is 21.6. The first kappa shape index (κ1) is 29.5. The van der Waals surface area contributed by atoms with Gasteiger partial charge in [0.25, 0.3) is 0 Å². The summed E-state index contributed by atoms with van der Waals surface area (Å²) in [5, 5.41) is 51.5. The quantitative estimate of drug-likeness (QED) is 0.269. The van der Waals surface area contributed by atoms with Gasteiger partial charge in [-0.2, -0.15) is 0 Å². The number of hydrogen-bond donors (Lipinski definition) is 5. The third-order valence-corrected chi connectivity index (χ3v) is 6.18. The molecule has 0 aliphatic carbocycles. The molecule has 1 heterocycles. The highest BCUT2D eigenvalue weighted by molar-refractivity contribution is 5.48. The molecule has 11 heteroatoms. The minimum Gasteiger partial charge on any atom is -0.493 e. The lowest BCUT2D eigenvalue weighted by Crippen LogP contribution is -2.59. The van der Waals surface area contributed by atoms with Crippen LogP contribution in [0.3, 0.4) is 0 Å². The predicted molar refractivity (Wildman–Crippen MR) is 134 cm³/mol. The fourth-order valence-electron chi connectivity index (χ4n) is 4.01. The number of methoxy groups -OCH3 is 4. The van der Waals surface area contributed by atoms with Gasteiger partial charge in [-0.15, -0.1) is 0 Å². The minimum atomic E-state index is -1.65. The van der Waals surface area contributed by atoms with E-state index in [1.54, 1.807) is 36.4 Å². The second-order valence-corrected chi connectivity index (χ2v) is 8.51. The van der Waals surface area contributed by atoms with E-state index in [1.807, 2.05) is 0 Å². The average molecular weight is 535 g/mol. The summed E-state index contributed by atoms with van der Waals surface area (Å²) in [6.07, 6.45) is -9.84. The molecular weight excluding hydrogens is 500 g/mol. The van der Waals surface area contributed by atoms with Crippen molar-refractivity contribution in [3.05, 3.63) is 47.5 Å². The molecular formula is C27H34O11. The van der Waals surface area contributed by atoms with Gasteiger partial charge in [0.15, 0.2) is 29.3 Å². The van der Waals surface area contributed by atoms with Gasteiger partial charge in [-0.1, -0.05) is 17.9 Å². The van der Waals surface area contributed by atoms with Gasteiger partial charge < -0.3 is 54.0 Å². The molecule has 208 valence electrons. The summed E-state index contributed by atoms with van der Waals surface area (Å²) in [4.78, 5) is 0. The third kappa shape index (κ3) is 6.67. The first-order chi connectivity index (χ1) is 18.3. The Morgan fingerprint density at radius 3 is 2.03 bits per heavy atom. The number of benzene rings is 2. The van der Waals surface area contributed by atoms with Crippen molar-refractivity contribution in [3.8, 4) is 34.8 Å². The molecule has 2 aromatic rings. The standard InChI is InChI=1S/C27H34O11/c1-33-17-10-8-15(12-20(17)35-3)6-5-7-19(23(29)16-9-11-18(34-2)21(13-16)36-4)37-27-26(32)25(31)24(30)22(14-28)38-27/h8-13,19,22-32H,7,14H2,1-4H3/t19-,22+,23+,24-,25-,26-,27+/m1/s1. The summed E-state index contributed by atoms with van der Waals surface area (Å²) in [6.45, 7) is -0.618. The van der Waals surface area contributed by atoms with Gasteiger partial charge in [0, 0.05) is 12.0 Å². The van der Waals surface area contributed by atoms with Crippen molar-refractivity contribution in [1.29, 1.82) is 0 Å². The second-order valence-electron chi connectivity index (χ2n) is 8.51. The molecule has 1 aliphatic heterocycles. The van der Waals surface area contributed by atoms with Crippen LogP contribution < -0.4 is 18.9 Å². The van der Waals surface area contributed by atoms with Crippen LogP contribution in [-0.4, -0.2) is 97.4 Å². The van der Waals surface area contributed by atoms with E-state index < -0.39 is 49.5 Å². The Morgan fingerprint density at radius 1 is 0.816 bits per heavy atom. The van der Waals surface area contributed by atoms with Crippen LogP contribution in [0.25, 0.3) is 0 Å². The van der Waals surface area contributed by atoms with E-state index in [-0.39, 0.29) is 6.42 Å². The van der Waals surface area contributed by atoms with Gasteiger partial charge in [0.1, 0.15) is 36.6 Å². The maximum Gasteiger partial charge on any atom is 0.187 e. The van der Waals surface area contributed by atoms with Gasteiger partial charge in [-0.05, 0) is 35.9 Å². The first-order valence-electron chi connectivity index (χ1n) is 11.8. The van der Waals surface area contributed by atoms with Crippen LogP contribution in [0.1, 0.15) is 23.7 Å². The lowest BCUT2D eigenvalue weighted by atomic mass is 9.98. The Labute approximate surface area is 221 Å². The number of aliphatic hydroxyl groups excluding tert-OH is 5. The molecule has 38 heavy (non-hydrogen) atoms. The Morgan fingerprint density at radius 2 is 1.42 bits per heavy atom. The van der Waals surface area contributed by atoms with Crippen LogP contribution in [0.5, 0.6) is 23.0 Å². The van der Waals surface area contributed by atoms with Crippen LogP contribution in [0.4, 0.5) is 0 Å². The Kier molecular flexibility index (Phi) is 10.6. The van der Waals surface area contributed by atoms with Gasteiger partial charge in [0.2, 0.25) is 0 Å². The average Bonchev–Trinajstić information content (AvgIpc) is 2.95. The minimum absolute atomic E-state index is 0.0289. The molecule has 1 fully saturated rings. The maximum absolute atomic E-state index is 11.2. The Balaban J connectivity index is 1.90. The zero-order valence-corrected chi connectivity index (χ0v) is 21.6. The topological polar surface area (TPSA) is 157 Å². The molecule has 3 rings (SSSR count). The predicted octanol–water partition coefficient (Wildman–Crippen LogP) is 0.381. The number of rotatable bonds is 10. The molecule has 0 amide bonds. The molecule has 0 radical (unpaired) electrons. The van der Waals surface area contributed by atoms with E-state index in [0.717, 1.165) is 0 Å². The molecule has 11 nitrogen and oxygen atoms in total. The number of aliphatic hydroxyl groups is 5. The van der Waals surface area contributed by atoms with Crippen LogP contribution in [0.15, 0.2) is 36.4 Å². The molecule has 1 aliphatic rings. The highest BCUT2D eigenvalue weighted by atomic mass is 16.7. The van der Waals surface area contributed by atoms with Gasteiger partial charge in [-0.25, -0.2) is 0 Å². The SMILES string of the molecule is COc1ccc(C#CC[C@@H](O[C@H]2O[C@@H](CO)[C@@H](O)[C@@H](O)[C@H]2O)[C@@H](O)c2ccc(OC)c(OC)c2)cc1OC. The van der Waals surface area contributed by atoms with E-state index in [0.29, 0.717) is 34.1 Å². The molecule has 0 aromatic heterocycles. The van der Waals surface area contributed by atoms with Crippen LogP contribution in [0, 0.1) is 11.8 Å². The number of hydrogen-bond acceptors (Lipinski definition) is 11. The van der Waals surface area contributed by atoms with E-state index in [2.05, 4.69) is 11.8 Å². The molecule has 2 aromatic carbocycles. The highest BCUT2D eigenvalue weighted by Gasteiger charge is 2.45. The summed E-state index contributed by atoms with van der Waals surface area (Å²) >= 11 is 0. The van der Waals surface area contributed by atoms with Crippen molar-refractivity contribution in [2.45, 2.75) is 49.3 Å². The maximum atomic E-state index is 11.2. The summed E-state index contributed by atoms with van der Waals surface area (Å²) in [6, 6.07) is 9.98. The number of ether oxygens (including phenoxy) is 6. The van der Waals surface area contributed by atoms with Crippen LogP contribution >= 0.6 is 0 Å². The van der Waals surface area contributed by atoms with Crippen molar-refractivity contribution >= 4 is 0 Å². The van der Waals surface area contributed by atoms with E-state index in [9.17, 15) is 25.5 Å². The van der Waals surface area contributed by atoms with Crippen molar-refractivity contribution in [1.82, 2.24) is 0 Å². The zero-order chi connectivity index (χ0) is 27.8. The van der Waals surface area contributed by atoms with Crippen molar-refractivity contribution in [3.63, 3.8) is 0 Å². The first-order valence-corrected chi connectivity index (χ1v) is 11.8. The normalized spacial score (nSPS) is 24.5. The van der Waals surface area contributed by atoms with Crippen LogP contribution in [0.2, 0.25) is 0 Å². The molecule has 7 atom stereocenters. The lowest BCUT2D eigenvalue weighted by molar-refractivity contribution is -0.316. The van der Waals surface area contributed by atoms with Gasteiger partial charge in [-0.3, -0.25) is 0 Å². The van der Waals surface area contributed by atoms with Crippen LogP contribution in [-0.2, 0) is 9.47 Å². The van der Waals surface area contributed by atoms with Crippen molar-refractivity contribution in [2.24, 2.45) is 0 Å². The van der Waals surface area contributed by atoms with E-state index >= 15 is 0 Å². The summed E-state index contributed by atoms with van der Waals surface area (Å²) < 4.78 is 32.5. The summed E-state index contributed by atoms with van der Waals surface area (Å²) in [5.41, 5.74) is 1.03. The second kappa shape index (κ2) is 13.6. The Hall–Kier alpha value is -3.08. The summed E-state index contributed by atoms with van der Waals surface area (Å²) in [7, 11) is 5.99. The molecule has 5 N–H and O–H groups in total. The smallest absolute Gasteiger partial charge is 0.187 e. The molecule has 0 saturated carbocycles. The van der Waals surface area contributed by atoms with Gasteiger partial charge in [0.05, 0.1) is 35.0 Å². The van der Waals surface area contributed by atoms with Crippen molar-refractivity contribution < 1.29 is 54.0 Å². The van der Waals surface area contributed by atoms with E-state index in [4.69, 9.17) is 28.4 Å². The fourth-order valence-corrected chi connectivity index (χ4v) is 4.01. The molecule has 0 unspecified atom stereocenters. The Bertz CT molecular complexity index is 1110. The fraction of sp³-hybridized carbons (Fsp3) is 0.481.